The maximum Gasteiger partial charge on any atom is 0.529 e. The van der Waals surface area contributed by atoms with Gasteiger partial charge in [0.1, 0.15) is 12.4 Å². The summed E-state index contributed by atoms with van der Waals surface area (Å²) < 4.78 is 30.8. The second kappa shape index (κ2) is 8.56. The van der Waals surface area contributed by atoms with E-state index in [1.807, 2.05) is 0 Å². The van der Waals surface area contributed by atoms with Crippen LogP contribution < -0.4 is 0 Å². The Balaban J connectivity index is 2.62. The average molecular weight is 369 g/mol. The van der Waals surface area contributed by atoms with Gasteiger partial charge >= 0.3 is 13.8 Å². The molecule has 0 unspecified atom stereocenters. The summed E-state index contributed by atoms with van der Waals surface area (Å²) in [6.45, 7) is 1.38. The van der Waals surface area contributed by atoms with E-state index in [1.165, 1.54) is 21.1 Å². The third-order valence-corrected chi connectivity index (χ3v) is 4.40. The van der Waals surface area contributed by atoms with E-state index in [4.69, 9.17) is 32.5 Å². The van der Waals surface area contributed by atoms with Gasteiger partial charge < -0.3 is 9.26 Å². The normalized spacial score (nSPS) is 12.1. The van der Waals surface area contributed by atoms with E-state index >= 15 is 0 Å². The highest BCUT2D eigenvalue weighted by atomic mass is 35.5. The quantitative estimate of drug-likeness (QED) is 0.308. The first-order valence-electron chi connectivity index (χ1n) is 5.99. The molecule has 0 radical (unpaired) electrons. The predicted octanol–water partition coefficient (Wildman–Crippen LogP) is 4.36. The number of carbonyl (C=O) groups is 1. The molecule has 0 aliphatic heterocycles. The third kappa shape index (κ3) is 5.99. The van der Waals surface area contributed by atoms with E-state index < -0.39 is 13.8 Å². The van der Waals surface area contributed by atoms with E-state index in [0.717, 1.165) is 6.08 Å². The average Bonchev–Trinajstić information content (AvgIpc) is 2.46. The first-order chi connectivity index (χ1) is 10.3. The molecule has 0 bridgehead atoms. The van der Waals surface area contributed by atoms with E-state index in [2.05, 4.69) is 9.05 Å². The molecule has 0 saturated heterocycles. The number of ether oxygens (including phenoxy) is 1. The smallest absolute Gasteiger partial charge is 0.458 e. The van der Waals surface area contributed by atoms with Crippen molar-refractivity contribution in [2.24, 2.45) is 0 Å². The van der Waals surface area contributed by atoms with Crippen molar-refractivity contribution in [3.8, 4) is 0 Å². The molecule has 0 saturated carbocycles. The number of halogens is 2. The lowest BCUT2D eigenvalue weighted by Crippen LogP contribution is -2.03. The van der Waals surface area contributed by atoms with Gasteiger partial charge in [-0.05, 0) is 19.1 Å². The van der Waals surface area contributed by atoms with Crippen molar-refractivity contribution in [1.82, 2.24) is 0 Å². The number of allylic oxidation sites excluding steroid dienone is 1. The van der Waals surface area contributed by atoms with Crippen LogP contribution in [0.25, 0.3) is 0 Å². The molecule has 122 valence electrons. The van der Waals surface area contributed by atoms with Crippen molar-refractivity contribution in [3.05, 3.63) is 45.6 Å². The van der Waals surface area contributed by atoms with Gasteiger partial charge in [-0.3, -0.25) is 9.05 Å². The topological polar surface area (TPSA) is 71.1 Å². The van der Waals surface area contributed by atoms with E-state index in [-0.39, 0.29) is 12.4 Å². The highest BCUT2D eigenvalue weighted by Crippen LogP contribution is 2.49. The van der Waals surface area contributed by atoms with Gasteiger partial charge in [-0.1, -0.05) is 29.3 Å². The SMILES string of the molecule is COP(=O)(OC)O/C(C)=C\C(=O)OCc1ccc(Cl)cc1Cl. The first-order valence-corrected chi connectivity index (χ1v) is 8.21. The molecule has 1 aromatic rings. The van der Waals surface area contributed by atoms with Gasteiger partial charge in [-0.2, -0.15) is 0 Å². The summed E-state index contributed by atoms with van der Waals surface area (Å²) in [5, 5.41) is 0.875. The van der Waals surface area contributed by atoms with Crippen LogP contribution >= 0.6 is 31.0 Å². The van der Waals surface area contributed by atoms with Gasteiger partial charge in [0.25, 0.3) is 0 Å². The molecule has 0 atom stereocenters. The Morgan fingerprint density at radius 1 is 1.27 bits per heavy atom. The van der Waals surface area contributed by atoms with Gasteiger partial charge in [-0.15, -0.1) is 0 Å². The third-order valence-electron chi connectivity index (χ3n) is 2.41. The van der Waals surface area contributed by atoms with Gasteiger partial charge in [0.15, 0.2) is 0 Å². The predicted molar refractivity (Wildman–Crippen MR) is 82.7 cm³/mol. The van der Waals surface area contributed by atoms with Gasteiger partial charge in [0.2, 0.25) is 0 Å². The zero-order valence-electron chi connectivity index (χ0n) is 12.2. The summed E-state index contributed by atoms with van der Waals surface area (Å²) in [6, 6.07) is 4.83. The summed E-state index contributed by atoms with van der Waals surface area (Å²) in [5.74, 6) is -0.665. The van der Waals surface area contributed by atoms with Gasteiger partial charge in [0.05, 0.1) is 6.08 Å². The molecule has 0 amide bonds. The number of hydrogen-bond donors (Lipinski definition) is 0. The van der Waals surface area contributed by atoms with E-state index in [1.54, 1.807) is 18.2 Å². The summed E-state index contributed by atoms with van der Waals surface area (Å²) in [7, 11) is -1.37. The van der Waals surface area contributed by atoms with Crippen LogP contribution in [-0.4, -0.2) is 20.2 Å². The van der Waals surface area contributed by atoms with Crippen LogP contribution in [0.4, 0.5) is 0 Å². The summed E-state index contributed by atoms with van der Waals surface area (Å²) in [6.07, 6.45) is 1.02. The largest absolute Gasteiger partial charge is 0.529 e. The molecule has 0 spiro atoms. The molecule has 1 rings (SSSR count). The molecule has 0 fully saturated rings. The van der Waals surface area contributed by atoms with E-state index in [0.29, 0.717) is 15.6 Å². The number of carbonyl (C=O) groups excluding carboxylic acids is 1. The summed E-state index contributed by atoms with van der Waals surface area (Å²) >= 11 is 11.7. The zero-order valence-corrected chi connectivity index (χ0v) is 14.6. The van der Waals surface area contributed by atoms with Crippen molar-refractivity contribution in [2.75, 3.05) is 14.2 Å². The number of phosphoric ester groups is 1. The highest BCUT2D eigenvalue weighted by Gasteiger charge is 2.24. The molecule has 0 aromatic heterocycles. The van der Waals surface area contributed by atoms with Crippen LogP contribution in [0.15, 0.2) is 30.0 Å². The van der Waals surface area contributed by atoms with Gasteiger partial charge in [-0.25, -0.2) is 9.36 Å². The van der Waals surface area contributed by atoms with Crippen molar-refractivity contribution in [3.63, 3.8) is 0 Å². The standard InChI is InChI=1S/C13H15Cl2O6P/c1-9(21-22(17,18-2)19-3)6-13(16)20-8-10-4-5-11(14)7-12(10)15/h4-7H,8H2,1-3H3/b9-6-. The minimum Gasteiger partial charge on any atom is -0.458 e. The zero-order chi connectivity index (χ0) is 16.8. The molecule has 0 heterocycles. The van der Waals surface area contributed by atoms with Crippen LogP contribution in [0.1, 0.15) is 12.5 Å². The Labute approximate surface area is 138 Å². The Morgan fingerprint density at radius 2 is 1.91 bits per heavy atom. The minimum atomic E-state index is -3.70. The summed E-state index contributed by atoms with van der Waals surface area (Å²) in [4.78, 5) is 11.6. The number of hydrogen-bond acceptors (Lipinski definition) is 6. The van der Waals surface area contributed by atoms with Crippen LogP contribution in [0.5, 0.6) is 0 Å². The molecular formula is C13H15Cl2O6P. The summed E-state index contributed by atoms with van der Waals surface area (Å²) in [5.41, 5.74) is 0.603. The molecule has 9 heteroatoms. The number of esters is 1. The Morgan fingerprint density at radius 3 is 2.45 bits per heavy atom. The lowest BCUT2D eigenvalue weighted by molar-refractivity contribution is -0.139. The van der Waals surface area contributed by atoms with Crippen molar-refractivity contribution in [1.29, 1.82) is 0 Å². The number of rotatable bonds is 7. The lowest BCUT2D eigenvalue weighted by Gasteiger charge is -2.14. The molecule has 22 heavy (non-hydrogen) atoms. The fourth-order valence-corrected chi connectivity index (χ4v) is 2.51. The Kier molecular flexibility index (Phi) is 7.39. The van der Waals surface area contributed by atoms with Gasteiger partial charge in [0, 0.05) is 29.8 Å². The van der Waals surface area contributed by atoms with Crippen LogP contribution in [-0.2, 0) is 34.3 Å². The minimum absolute atomic E-state index is 0.0271. The second-order valence-corrected chi connectivity index (χ2v) is 6.65. The van der Waals surface area contributed by atoms with Crippen molar-refractivity contribution >= 4 is 37.0 Å². The van der Waals surface area contributed by atoms with Crippen molar-refractivity contribution in [2.45, 2.75) is 13.5 Å². The number of phosphoric acid groups is 1. The Bertz CT molecular complexity index is 609. The monoisotopic (exact) mass is 368 g/mol. The molecule has 1 aromatic carbocycles. The molecular weight excluding hydrogens is 354 g/mol. The molecule has 0 aliphatic carbocycles. The van der Waals surface area contributed by atoms with E-state index in [9.17, 15) is 9.36 Å². The van der Waals surface area contributed by atoms with Crippen LogP contribution in [0.2, 0.25) is 10.0 Å². The highest BCUT2D eigenvalue weighted by molar-refractivity contribution is 7.48. The van der Waals surface area contributed by atoms with Crippen LogP contribution in [0.3, 0.4) is 0 Å². The number of benzene rings is 1. The maximum atomic E-state index is 11.7. The maximum absolute atomic E-state index is 11.7. The molecule has 6 nitrogen and oxygen atoms in total. The Hall–Kier alpha value is -1.04. The van der Waals surface area contributed by atoms with Crippen LogP contribution in [0, 0.1) is 0 Å². The molecule has 0 N–H and O–H groups in total. The fourth-order valence-electron chi connectivity index (χ4n) is 1.35. The lowest BCUT2D eigenvalue weighted by atomic mass is 10.2. The fraction of sp³-hybridized carbons (Fsp3) is 0.308. The second-order valence-electron chi connectivity index (χ2n) is 4.00. The molecule has 0 aliphatic rings. The van der Waals surface area contributed by atoms with Crippen molar-refractivity contribution < 1.29 is 27.7 Å². The first kappa shape index (κ1) is 19.0.